The number of amides is 2. The van der Waals surface area contributed by atoms with Crippen LogP contribution in [0.1, 0.15) is 39.2 Å². The first-order valence-corrected chi connectivity index (χ1v) is 8.53. The number of nitrogens with one attached hydrogen (secondary N) is 2. The molecule has 0 fully saturated rings. The molecule has 0 spiro atoms. The maximum absolute atomic E-state index is 11.9. The van der Waals surface area contributed by atoms with E-state index >= 15 is 0 Å². The van der Waals surface area contributed by atoms with E-state index in [0.717, 1.165) is 17.8 Å². The Morgan fingerprint density at radius 1 is 1.36 bits per heavy atom. The van der Waals surface area contributed by atoms with Crippen LogP contribution in [0.25, 0.3) is 5.82 Å². The standard InChI is InChI=1S/C18H27N5O2/c1-14(2)6-7-18(3,25)12-22-17(24)21-11-15-4-5-16(20-10-15)23-9-8-19-13-23/h4-5,8-10,13-14,25H,6-7,11-12H2,1-3H3,(H2,21,22,24). The molecule has 0 saturated heterocycles. The lowest BCUT2D eigenvalue weighted by Crippen LogP contribution is -2.44. The average Bonchev–Trinajstić information content (AvgIpc) is 3.12. The van der Waals surface area contributed by atoms with Gasteiger partial charge in [-0.2, -0.15) is 0 Å². The molecule has 2 rings (SSSR count). The fourth-order valence-electron chi connectivity index (χ4n) is 2.27. The van der Waals surface area contributed by atoms with Gasteiger partial charge in [0.15, 0.2) is 0 Å². The van der Waals surface area contributed by atoms with E-state index in [1.807, 2.05) is 22.9 Å². The number of hydrogen-bond donors (Lipinski definition) is 3. The number of aromatic nitrogens is 3. The summed E-state index contributed by atoms with van der Waals surface area (Å²) in [6.45, 7) is 6.57. The van der Waals surface area contributed by atoms with Gasteiger partial charge >= 0.3 is 6.03 Å². The number of pyridine rings is 1. The third-order valence-corrected chi connectivity index (χ3v) is 3.92. The molecule has 7 nitrogen and oxygen atoms in total. The summed E-state index contributed by atoms with van der Waals surface area (Å²) < 4.78 is 1.81. The summed E-state index contributed by atoms with van der Waals surface area (Å²) in [5, 5.41) is 15.7. The van der Waals surface area contributed by atoms with Crippen molar-refractivity contribution in [1.82, 2.24) is 25.2 Å². The summed E-state index contributed by atoms with van der Waals surface area (Å²) in [6, 6.07) is 3.47. The first kappa shape index (κ1) is 18.9. The topological polar surface area (TPSA) is 92.1 Å². The zero-order valence-electron chi connectivity index (χ0n) is 15.1. The summed E-state index contributed by atoms with van der Waals surface area (Å²) >= 11 is 0. The van der Waals surface area contributed by atoms with Gasteiger partial charge < -0.3 is 15.7 Å². The summed E-state index contributed by atoms with van der Waals surface area (Å²) in [6.07, 6.45) is 8.49. The second-order valence-electron chi connectivity index (χ2n) is 6.96. The number of urea groups is 1. The zero-order chi connectivity index (χ0) is 18.3. The van der Waals surface area contributed by atoms with Crippen LogP contribution in [0.4, 0.5) is 4.79 Å². The van der Waals surface area contributed by atoms with Gasteiger partial charge in [-0.15, -0.1) is 0 Å². The second kappa shape index (κ2) is 8.62. The molecular weight excluding hydrogens is 318 g/mol. The molecule has 2 amide bonds. The van der Waals surface area contributed by atoms with Gasteiger partial charge in [0.05, 0.1) is 5.60 Å². The van der Waals surface area contributed by atoms with Crippen LogP contribution < -0.4 is 10.6 Å². The predicted octanol–water partition coefficient (Wildman–Crippen LogP) is 2.25. The quantitative estimate of drug-likeness (QED) is 0.684. The van der Waals surface area contributed by atoms with Gasteiger partial charge in [0.2, 0.25) is 0 Å². The number of imidazole rings is 1. The summed E-state index contributed by atoms with van der Waals surface area (Å²) in [5.41, 5.74) is 0.000818. The Bertz CT molecular complexity index is 651. The Labute approximate surface area is 148 Å². The van der Waals surface area contributed by atoms with Crippen molar-refractivity contribution in [3.8, 4) is 5.82 Å². The summed E-state index contributed by atoms with van der Waals surface area (Å²) in [5.74, 6) is 1.30. The summed E-state index contributed by atoms with van der Waals surface area (Å²) in [4.78, 5) is 20.2. The van der Waals surface area contributed by atoms with Crippen LogP contribution in [0, 0.1) is 5.92 Å². The van der Waals surface area contributed by atoms with Crippen molar-refractivity contribution in [1.29, 1.82) is 0 Å². The van der Waals surface area contributed by atoms with Crippen LogP contribution in [0.5, 0.6) is 0 Å². The first-order chi connectivity index (χ1) is 11.9. The van der Waals surface area contributed by atoms with Crippen LogP contribution in [-0.2, 0) is 6.54 Å². The molecule has 136 valence electrons. The SMILES string of the molecule is CC(C)CCC(C)(O)CNC(=O)NCc1ccc(-n2ccnc2)nc1. The Morgan fingerprint density at radius 2 is 2.16 bits per heavy atom. The van der Waals surface area contributed by atoms with Crippen molar-refractivity contribution >= 4 is 6.03 Å². The van der Waals surface area contributed by atoms with E-state index in [0.29, 0.717) is 18.9 Å². The van der Waals surface area contributed by atoms with E-state index < -0.39 is 5.60 Å². The molecule has 0 bridgehead atoms. The maximum atomic E-state index is 11.9. The zero-order valence-corrected chi connectivity index (χ0v) is 15.1. The van der Waals surface area contributed by atoms with Gasteiger partial charge in [0.1, 0.15) is 12.1 Å². The molecule has 0 saturated carbocycles. The molecular formula is C18H27N5O2. The minimum Gasteiger partial charge on any atom is -0.388 e. The van der Waals surface area contributed by atoms with E-state index in [1.165, 1.54) is 0 Å². The Balaban J connectivity index is 1.74. The predicted molar refractivity (Wildman–Crippen MR) is 96.3 cm³/mol. The van der Waals surface area contributed by atoms with Crippen LogP contribution in [0.2, 0.25) is 0 Å². The van der Waals surface area contributed by atoms with Crippen molar-refractivity contribution < 1.29 is 9.90 Å². The lowest BCUT2D eigenvalue weighted by molar-refractivity contribution is 0.0476. The van der Waals surface area contributed by atoms with E-state index in [1.54, 1.807) is 25.6 Å². The molecule has 3 N–H and O–H groups in total. The van der Waals surface area contributed by atoms with Crippen LogP contribution in [-0.4, -0.2) is 37.8 Å². The Kier molecular flexibility index (Phi) is 6.52. The molecule has 7 heteroatoms. The van der Waals surface area contributed by atoms with Crippen molar-refractivity contribution in [2.24, 2.45) is 5.92 Å². The first-order valence-electron chi connectivity index (χ1n) is 8.53. The number of aliphatic hydroxyl groups is 1. The number of carbonyl (C=O) groups excluding carboxylic acids is 1. The molecule has 2 aromatic heterocycles. The smallest absolute Gasteiger partial charge is 0.315 e. The van der Waals surface area contributed by atoms with Gasteiger partial charge in [-0.25, -0.2) is 14.8 Å². The van der Waals surface area contributed by atoms with E-state index in [4.69, 9.17) is 0 Å². The third kappa shape index (κ3) is 6.54. The van der Waals surface area contributed by atoms with Gasteiger partial charge in [-0.05, 0) is 37.3 Å². The van der Waals surface area contributed by atoms with E-state index in [9.17, 15) is 9.90 Å². The highest BCUT2D eigenvalue weighted by molar-refractivity contribution is 5.73. The lowest BCUT2D eigenvalue weighted by atomic mass is 9.95. The molecule has 1 atom stereocenters. The fraction of sp³-hybridized carbons (Fsp3) is 0.500. The largest absolute Gasteiger partial charge is 0.388 e. The van der Waals surface area contributed by atoms with Crippen molar-refractivity contribution in [2.45, 2.75) is 45.8 Å². The Hall–Kier alpha value is -2.41. The highest BCUT2D eigenvalue weighted by Crippen LogP contribution is 2.15. The van der Waals surface area contributed by atoms with E-state index in [2.05, 4.69) is 34.4 Å². The normalized spacial score (nSPS) is 13.5. The molecule has 2 heterocycles. The van der Waals surface area contributed by atoms with Crippen LogP contribution in [0.15, 0.2) is 37.1 Å². The number of carbonyl (C=O) groups is 1. The van der Waals surface area contributed by atoms with Crippen molar-refractivity contribution in [3.63, 3.8) is 0 Å². The number of nitrogens with zero attached hydrogens (tertiary/aromatic N) is 3. The maximum Gasteiger partial charge on any atom is 0.315 e. The number of hydrogen-bond acceptors (Lipinski definition) is 4. The van der Waals surface area contributed by atoms with Crippen molar-refractivity contribution in [2.75, 3.05) is 6.54 Å². The second-order valence-corrected chi connectivity index (χ2v) is 6.96. The van der Waals surface area contributed by atoms with Crippen LogP contribution in [0.3, 0.4) is 0 Å². The molecule has 0 aliphatic heterocycles. The molecule has 1 unspecified atom stereocenters. The monoisotopic (exact) mass is 345 g/mol. The minimum atomic E-state index is -0.893. The Morgan fingerprint density at radius 3 is 2.76 bits per heavy atom. The van der Waals surface area contributed by atoms with Gasteiger partial charge in [0, 0.05) is 31.7 Å². The third-order valence-electron chi connectivity index (χ3n) is 3.92. The van der Waals surface area contributed by atoms with Gasteiger partial charge in [-0.3, -0.25) is 4.57 Å². The highest BCUT2D eigenvalue weighted by atomic mass is 16.3. The molecule has 25 heavy (non-hydrogen) atoms. The molecule has 0 aliphatic rings. The molecule has 0 radical (unpaired) electrons. The lowest BCUT2D eigenvalue weighted by Gasteiger charge is -2.24. The van der Waals surface area contributed by atoms with Crippen molar-refractivity contribution in [3.05, 3.63) is 42.6 Å². The molecule has 0 aliphatic carbocycles. The molecule has 2 aromatic rings. The summed E-state index contributed by atoms with van der Waals surface area (Å²) in [7, 11) is 0. The molecule has 0 aromatic carbocycles. The van der Waals surface area contributed by atoms with Gasteiger partial charge in [0.25, 0.3) is 0 Å². The number of rotatable bonds is 8. The minimum absolute atomic E-state index is 0.226. The van der Waals surface area contributed by atoms with E-state index in [-0.39, 0.29) is 12.6 Å². The van der Waals surface area contributed by atoms with Crippen LogP contribution >= 0.6 is 0 Å². The fourth-order valence-corrected chi connectivity index (χ4v) is 2.27. The van der Waals surface area contributed by atoms with Gasteiger partial charge in [-0.1, -0.05) is 19.9 Å². The average molecular weight is 345 g/mol. The highest BCUT2D eigenvalue weighted by Gasteiger charge is 2.21.